The Morgan fingerprint density at radius 2 is 1.51 bits per heavy atom. The number of hydrogen-bond acceptors (Lipinski definition) is 3. The van der Waals surface area contributed by atoms with E-state index in [1.807, 2.05) is 24.3 Å². The van der Waals surface area contributed by atoms with Gasteiger partial charge in [-0.25, -0.2) is 0 Å². The number of benzene rings is 3. The molecule has 3 aromatic rings. The molecule has 1 atom stereocenters. The molecule has 0 fully saturated rings. The maximum atomic E-state index is 12.9. The second kappa shape index (κ2) is 12.0. The van der Waals surface area contributed by atoms with Gasteiger partial charge in [-0.15, -0.1) is 0 Å². The first-order chi connectivity index (χ1) is 17.4. The number of thiocarbonyl (C=S) groups is 1. The molecule has 0 aliphatic carbocycles. The zero-order valence-electron chi connectivity index (χ0n) is 20.6. The van der Waals surface area contributed by atoms with Crippen molar-refractivity contribution in [1.29, 1.82) is 0 Å². The zero-order chi connectivity index (χ0) is 27.2. The number of rotatable bonds is 7. The number of hydrogen-bond donors (Lipinski definition) is 3. The minimum atomic E-state index is -4.50. The van der Waals surface area contributed by atoms with Crippen LogP contribution in [0.2, 0.25) is 0 Å². The third-order valence-corrected chi connectivity index (χ3v) is 5.81. The van der Waals surface area contributed by atoms with Crippen molar-refractivity contribution in [3.05, 3.63) is 95.1 Å². The molecule has 0 aromatic heterocycles. The maximum Gasteiger partial charge on any atom is 0.416 e. The van der Waals surface area contributed by atoms with Crippen molar-refractivity contribution in [2.24, 2.45) is 5.92 Å². The van der Waals surface area contributed by atoms with E-state index < -0.39 is 23.6 Å². The van der Waals surface area contributed by atoms with Gasteiger partial charge in [-0.05, 0) is 85.1 Å². The number of alkyl halides is 3. The minimum absolute atomic E-state index is 0.0367. The molecule has 2 amide bonds. The molecule has 0 bridgehead atoms. The molecule has 5 nitrogen and oxygen atoms in total. The van der Waals surface area contributed by atoms with E-state index in [-0.39, 0.29) is 22.3 Å². The average Bonchev–Trinajstić information content (AvgIpc) is 2.83. The quantitative estimate of drug-likeness (QED) is 0.297. The molecule has 37 heavy (non-hydrogen) atoms. The summed E-state index contributed by atoms with van der Waals surface area (Å²) >= 11 is 5.25. The second-order valence-electron chi connectivity index (χ2n) is 9.11. The Hall–Kier alpha value is -3.72. The summed E-state index contributed by atoms with van der Waals surface area (Å²) in [5.41, 5.74) is 2.06. The largest absolute Gasteiger partial charge is 0.416 e. The predicted molar refractivity (Wildman–Crippen MR) is 144 cm³/mol. The van der Waals surface area contributed by atoms with Gasteiger partial charge in [0.1, 0.15) is 0 Å². The second-order valence-corrected chi connectivity index (χ2v) is 9.52. The summed E-state index contributed by atoms with van der Waals surface area (Å²) in [6.45, 7) is 6.11. The first kappa shape index (κ1) is 27.9. The fourth-order valence-corrected chi connectivity index (χ4v) is 3.85. The van der Waals surface area contributed by atoms with Crippen molar-refractivity contribution >= 4 is 40.5 Å². The van der Waals surface area contributed by atoms with E-state index in [4.69, 9.17) is 12.2 Å². The Balaban J connectivity index is 1.54. The van der Waals surface area contributed by atoms with E-state index in [0.717, 1.165) is 24.1 Å². The van der Waals surface area contributed by atoms with Crippen LogP contribution in [0, 0.1) is 5.92 Å². The highest BCUT2D eigenvalue weighted by atomic mass is 32.1. The molecule has 3 rings (SSSR count). The fourth-order valence-electron chi connectivity index (χ4n) is 3.63. The Labute approximate surface area is 219 Å². The van der Waals surface area contributed by atoms with Crippen LogP contribution in [0.3, 0.4) is 0 Å². The van der Waals surface area contributed by atoms with Crippen molar-refractivity contribution in [2.45, 2.75) is 39.3 Å². The molecule has 194 valence electrons. The van der Waals surface area contributed by atoms with Crippen molar-refractivity contribution < 1.29 is 22.8 Å². The van der Waals surface area contributed by atoms with E-state index in [2.05, 4.69) is 29.8 Å². The first-order valence-electron chi connectivity index (χ1n) is 11.7. The van der Waals surface area contributed by atoms with Crippen molar-refractivity contribution in [2.75, 3.05) is 10.6 Å². The number of anilines is 2. The zero-order valence-corrected chi connectivity index (χ0v) is 21.5. The van der Waals surface area contributed by atoms with Crippen LogP contribution in [0.1, 0.15) is 53.7 Å². The highest BCUT2D eigenvalue weighted by Crippen LogP contribution is 2.30. The van der Waals surface area contributed by atoms with Crippen LogP contribution in [-0.2, 0) is 17.4 Å². The van der Waals surface area contributed by atoms with Crippen molar-refractivity contribution in [1.82, 2.24) is 5.32 Å². The summed E-state index contributed by atoms with van der Waals surface area (Å²) in [5, 5.41) is 8.13. The van der Waals surface area contributed by atoms with Gasteiger partial charge in [0, 0.05) is 16.9 Å². The number of carbonyl (C=O) groups excluding carboxylic acids is 2. The molecule has 0 saturated heterocycles. The first-order valence-corrected chi connectivity index (χ1v) is 12.1. The molecule has 0 spiro atoms. The number of amides is 2. The molecular formula is C28H28F3N3O2S. The summed E-state index contributed by atoms with van der Waals surface area (Å²) in [6.07, 6.45) is -3.53. The topological polar surface area (TPSA) is 70.2 Å². The van der Waals surface area contributed by atoms with Crippen LogP contribution >= 0.6 is 12.2 Å². The normalized spacial score (nSPS) is 12.1. The monoisotopic (exact) mass is 527 g/mol. The highest BCUT2D eigenvalue weighted by Gasteiger charge is 2.30. The number of nitrogens with one attached hydrogen (secondary N) is 3. The lowest BCUT2D eigenvalue weighted by molar-refractivity contribution is -0.137. The Morgan fingerprint density at radius 3 is 2.11 bits per heavy atom. The summed E-state index contributed by atoms with van der Waals surface area (Å²) in [6, 6.07) is 18.5. The Bertz CT molecular complexity index is 1260. The lowest BCUT2D eigenvalue weighted by Crippen LogP contribution is -2.36. The molecule has 9 heteroatoms. The molecule has 0 heterocycles. The molecule has 0 aliphatic rings. The molecule has 0 radical (unpaired) electrons. The summed E-state index contributed by atoms with van der Waals surface area (Å²) in [4.78, 5) is 25.1. The van der Waals surface area contributed by atoms with Crippen LogP contribution in [0.4, 0.5) is 24.5 Å². The molecule has 0 aliphatic heterocycles. The molecule has 1 unspecified atom stereocenters. The van der Waals surface area contributed by atoms with Gasteiger partial charge >= 0.3 is 6.18 Å². The van der Waals surface area contributed by atoms with E-state index >= 15 is 0 Å². The summed E-state index contributed by atoms with van der Waals surface area (Å²) in [7, 11) is 0. The molecule has 3 aromatic carbocycles. The fraction of sp³-hybridized carbons (Fsp3) is 0.250. The molecule has 3 N–H and O–H groups in total. The van der Waals surface area contributed by atoms with Gasteiger partial charge < -0.3 is 16.0 Å². The Morgan fingerprint density at radius 1 is 0.865 bits per heavy atom. The van der Waals surface area contributed by atoms with Gasteiger partial charge in [-0.3, -0.25) is 9.59 Å². The van der Waals surface area contributed by atoms with Crippen LogP contribution < -0.4 is 16.0 Å². The van der Waals surface area contributed by atoms with Crippen LogP contribution in [0.25, 0.3) is 0 Å². The lowest BCUT2D eigenvalue weighted by atomic mass is 9.96. The van der Waals surface area contributed by atoms with Crippen LogP contribution in [0.15, 0.2) is 72.8 Å². The van der Waals surface area contributed by atoms with Gasteiger partial charge in [0.05, 0.1) is 11.5 Å². The van der Waals surface area contributed by atoms with E-state index in [9.17, 15) is 22.8 Å². The lowest BCUT2D eigenvalue weighted by Gasteiger charge is -2.15. The van der Waals surface area contributed by atoms with E-state index in [0.29, 0.717) is 11.6 Å². The van der Waals surface area contributed by atoms with E-state index in [1.165, 1.54) is 29.8 Å². The van der Waals surface area contributed by atoms with Gasteiger partial charge in [0.15, 0.2) is 5.11 Å². The van der Waals surface area contributed by atoms with Gasteiger partial charge in [0.2, 0.25) is 5.91 Å². The van der Waals surface area contributed by atoms with Crippen molar-refractivity contribution in [3.8, 4) is 0 Å². The SMILES string of the molecule is CC(C)Cc1ccc(C(C)C(=O)NC(=S)Nc2ccc(C(=O)Nc3cccc(C(F)(F)F)c3)cc2)cc1. The molecule has 0 saturated carbocycles. The molecular weight excluding hydrogens is 499 g/mol. The van der Waals surface area contributed by atoms with Crippen LogP contribution in [0.5, 0.6) is 0 Å². The maximum absolute atomic E-state index is 12.9. The standard InChI is InChI=1S/C28H28F3N3O2S/c1-17(2)15-19-7-9-20(10-8-19)18(3)25(35)34-27(37)33-23-13-11-21(12-14-23)26(36)32-24-6-4-5-22(16-24)28(29,30)31/h4-14,16-18H,15H2,1-3H3,(H,32,36)(H2,33,34,35,37). The summed E-state index contributed by atoms with van der Waals surface area (Å²) in [5.74, 6) is -0.676. The third kappa shape index (κ3) is 8.15. The highest BCUT2D eigenvalue weighted by molar-refractivity contribution is 7.80. The Kier molecular flexibility index (Phi) is 9.04. The summed E-state index contributed by atoms with van der Waals surface area (Å²) < 4.78 is 38.6. The third-order valence-electron chi connectivity index (χ3n) is 5.61. The number of halogens is 3. The van der Waals surface area contributed by atoms with Crippen molar-refractivity contribution in [3.63, 3.8) is 0 Å². The van der Waals surface area contributed by atoms with Gasteiger partial charge in [-0.2, -0.15) is 13.2 Å². The minimum Gasteiger partial charge on any atom is -0.332 e. The van der Waals surface area contributed by atoms with Crippen LogP contribution in [-0.4, -0.2) is 16.9 Å². The number of carbonyl (C=O) groups is 2. The predicted octanol–water partition coefficient (Wildman–Crippen LogP) is 6.77. The van der Waals surface area contributed by atoms with Gasteiger partial charge in [0.25, 0.3) is 5.91 Å². The smallest absolute Gasteiger partial charge is 0.332 e. The average molecular weight is 528 g/mol. The van der Waals surface area contributed by atoms with Gasteiger partial charge in [-0.1, -0.05) is 44.2 Å². The van der Waals surface area contributed by atoms with E-state index in [1.54, 1.807) is 19.1 Å².